The van der Waals surface area contributed by atoms with Crippen LogP contribution < -0.4 is 5.73 Å². The maximum absolute atomic E-state index is 9.50. The molecular formula is C12H21N3O2. The maximum atomic E-state index is 9.50. The van der Waals surface area contributed by atoms with E-state index in [1.807, 2.05) is 0 Å². The van der Waals surface area contributed by atoms with Gasteiger partial charge in [0, 0.05) is 12.5 Å². The average Bonchev–Trinajstić information content (AvgIpc) is 2.77. The van der Waals surface area contributed by atoms with Crippen LogP contribution in [0, 0.1) is 5.41 Å². The fourth-order valence-electron chi connectivity index (χ4n) is 2.31. The quantitative estimate of drug-likeness (QED) is 0.839. The number of aliphatic hydroxyl groups is 1. The molecule has 0 aromatic carbocycles. The topological polar surface area (TPSA) is 85.2 Å². The number of hydrogen-bond donors (Lipinski definition) is 2. The fourth-order valence-corrected chi connectivity index (χ4v) is 2.31. The van der Waals surface area contributed by atoms with Gasteiger partial charge in [-0.25, -0.2) is 0 Å². The van der Waals surface area contributed by atoms with Gasteiger partial charge in [0.15, 0.2) is 5.82 Å². The van der Waals surface area contributed by atoms with Crippen molar-refractivity contribution in [3.8, 4) is 0 Å². The Bertz CT molecular complexity index is 366. The van der Waals surface area contributed by atoms with Crippen molar-refractivity contribution in [1.29, 1.82) is 0 Å². The summed E-state index contributed by atoms with van der Waals surface area (Å²) in [5, 5.41) is 13.5. The van der Waals surface area contributed by atoms with E-state index < -0.39 is 6.10 Å². The molecule has 0 radical (unpaired) electrons. The van der Waals surface area contributed by atoms with E-state index in [1.54, 1.807) is 0 Å². The minimum absolute atomic E-state index is 0.110. The van der Waals surface area contributed by atoms with E-state index >= 15 is 0 Å². The first-order chi connectivity index (χ1) is 8.02. The Morgan fingerprint density at radius 2 is 2.12 bits per heavy atom. The fraction of sp³-hybridized carbons (Fsp3) is 0.833. The Hall–Kier alpha value is -0.940. The van der Waals surface area contributed by atoms with Crippen LogP contribution in [0.3, 0.4) is 0 Å². The molecule has 1 aliphatic carbocycles. The summed E-state index contributed by atoms with van der Waals surface area (Å²) in [6.07, 6.45) is 3.70. The van der Waals surface area contributed by atoms with Crippen LogP contribution >= 0.6 is 0 Å². The van der Waals surface area contributed by atoms with Crippen molar-refractivity contribution in [1.82, 2.24) is 10.1 Å². The summed E-state index contributed by atoms with van der Waals surface area (Å²) in [5.41, 5.74) is 5.78. The van der Waals surface area contributed by atoms with Gasteiger partial charge in [0.25, 0.3) is 5.89 Å². The zero-order valence-corrected chi connectivity index (χ0v) is 10.5. The molecule has 1 atom stereocenters. The number of hydrogen-bond acceptors (Lipinski definition) is 5. The molecule has 0 saturated heterocycles. The first kappa shape index (κ1) is 12.5. The van der Waals surface area contributed by atoms with Gasteiger partial charge in [-0.2, -0.15) is 4.98 Å². The van der Waals surface area contributed by atoms with E-state index in [0.717, 1.165) is 18.7 Å². The second-order valence-electron chi connectivity index (χ2n) is 5.68. The summed E-state index contributed by atoms with van der Waals surface area (Å²) in [5.74, 6) is 1.33. The summed E-state index contributed by atoms with van der Waals surface area (Å²) >= 11 is 0. The standard InChI is InChI=1S/C12H21N3O2/c1-12(2)5-3-8(4-6-12)10-14-11(17-15-10)9(16)7-13/h8-9,16H,3-7,13H2,1-2H3. The molecule has 1 aromatic heterocycles. The monoisotopic (exact) mass is 239 g/mol. The molecule has 1 heterocycles. The van der Waals surface area contributed by atoms with Crippen molar-refractivity contribution < 1.29 is 9.63 Å². The smallest absolute Gasteiger partial charge is 0.256 e. The largest absolute Gasteiger partial charge is 0.382 e. The van der Waals surface area contributed by atoms with Crippen LogP contribution in [0.2, 0.25) is 0 Å². The third kappa shape index (κ3) is 2.84. The SMILES string of the molecule is CC1(C)CCC(c2noc(C(O)CN)n2)CC1. The molecule has 0 spiro atoms. The molecule has 5 nitrogen and oxygen atoms in total. The van der Waals surface area contributed by atoms with Gasteiger partial charge in [0.2, 0.25) is 0 Å². The predicted octanol–water partition coefficient (Wildman–Crippen LogP) is 1.75. The van der Waals surface area contributed by atoms with Crippen LogP contribution in [-0.4, -0.2) is 21.8 Å². The highest BCUT2D eigenvalue weighted by Gasteiger charge is 2.30. The predicted molar refractivity (Wildman–Crippen MR) is 63.3 cm³/mol. The van der Waals surface area contributed by atoms with Crippen LogP contribution in [0.25, 0.3) is 0 Å². The van der Waals surface area contributed by atoms with Crippen molar-refractivity contribution in [3.63, 3.8) is 0 Å². The van der Waals surface area contributed by atoms with Gasteiger partial charge in [-0.15, -0.1) is 0 Å². The van der Waals surface area contributed by atoms with E-state index in [1.165, 1.54) is 12.8 Å². The number of aromatic nitrogens is 2. The Kier molecular flexibility index (Phi) is 3.49. The van der Waals surface area contributed by atoms with Crippen LogP contribution in [0.4, 0.5) is 0 Å². The van der Waals surface area contributed by atoms with Crippen LogP contribution in [0.15, 0.2) is 4.52 Å². The lowest BCUT2D eigenvalue weighted by molar-refractivity contribution is 0.141. The molecule has 1 fully saturated rings. The highest BCUT2D eigenvalue weighted by molar-refractivity contribution is 5.00. The Balaban J connectivity index is 2.01. The first-order valence-corrected chi connectivity index (χ1v) is 6.23. The van der Waals surface area contributed by atoms with Gasteiger partial charge >= 0.3 is 0 Å². The first-order valence-electron chi connectivity index (χ1n) is 6.23. The van der Waals surface area contributed by atoms with Crippen LogP contribution in [0.5, 0.6) is 0 Å². The lowest BCUT2D eigenvalue weighted by Crippen LogP contribution is -2.20. The Morgan fingerprint density at radius 3 is 2.71 bits per heavy atom. The number of aliphatic hydroxyl groups excluding tert-OH is 1. The normalized spacial score (nSPS) is 22.6. The van der Waals surface area contributed by atoms with Crippen LogP contribution in [0.1, 0.15) is 63.3 Å². The molecule has 3 N–H and O–H groups in total. The molecule has 17 heavy (non-hydrogen) atoms. The van der Waals surface area contributed by atoms with Gasteiger partial charge in [0.05, 0.1) is 0 Å². The third-order valence-electron chi connectivity index (χ3n) is 3.67. The summed E-state index contributed by atoms with van der Waals surface area (Å²) in [6, 6.07) is 0. The number of nitrogens with zero attached hydrogens (tertiary/aromatic N) is 2. The van der Waals surface area contributed by atoms with E-state index in [9.17, 15) is 5.11 Å². The highest BCUT2D eigenvalue weighted by Crippen LogP contribution is 2.41. The molecule has 1 saturated carbocycles. The van der Waals surface area contributed by atoms with Crippen molar-refractivity contribution in [2.75, 3.05) is 6.54 Å². The van der Waals surface area contributed by atoms with E-state index in [2.05, 4.69) is 24.0 Å². The van der Waals surface area contributed by atoms with E-state index in [0.29, 0.717) is 11.3 Å². The van der Waals surface area contributed by atoms with Gasteiger partial charge in [-0.3, -0.25) is 0 Å². The van der Waals surface area contributed by atoms with E-state index in [-0.39, 0.29) is 12.4 Å². The van der Waals surface area contributed by atoms with Gasteiger partial charge in [-0.1, -0.05) is 19.0 Å². The van der Waals surface area contributed by atoms with Crippen molar-refractivity contribution in [2.24, 2.45) is 11.1 Å². The second kappa shape index (κ2) is 4.74. The van der Waals surface area contributed by atoms with Crippen molar-refractivity contribution >= 4 is 0 Å². The van der Waals surface area contributed by atoms with Gasteiger partial charge in [0.1, 0.15) is 6.10 Å². The van der Waals surface area contributed by atoms with Gasteiger partial charge in [-0.05, 0) is 31.1 Å². The molecule has 96 valence electrons. The molecule has 0 amide bonds. The minimum Gasteiger partial charge on any atom is -0.382 e. The number of nitrogens with two attached hydrogens (primary N) is 1. The number of rotatable bonds is 3. The molecule has 1 unspecified atom stereocenters. The average molecular weight is 239 g/mol. The molecule has 5 heteroatoms. The van der Waals surface area contributed by atoms with Gasteiger partial charge < -0.3 is 15.4 Å². The molecule has 2 rings (SSSR count). The van der Waals surface area contributed by atoms with Crippen molar-refractivity contribution in [3.05, 3.63) is 11.7 Å². The summed E-state index contributed by atoms with van der Waals surface area (Å²) in [4.78, 5) is 4.24. The molecule has 0 bridgehead atoms. The Labute approximate surface area is 101 Å². The van der Waals surface area contributed by atoms with E-state index in [4.69, 9.17) is 10.3 Å². The zero-order chi connectivity index (χ0) is 12.5. The molecule has 1 aliphatic rings. The Morgan fingerprint density at radius 1 is 1.47 bits per heavy atom. The maximum Gasteiger partial charge on any atom is 0.256 e. The molecule has 1 aromatic rings. The summed E-state index contributed by atoms with van der Waals surface area (Å²) in [7, 11) is 0. The lowest BCUT2D eigenvalue weighted by atomic mass is 9.73. The lowest BCUT2D eigenvalue weighted by Gasteiger charge is -2.32. The van der Waals surface area contributed by atoms with Crippen LogP contribution in [-0.2, 0) is 0 Å². The molecular weight excluding hydrogens is 218 g/mol. The highest BCUT2D eigenvalue weighted by atomic mass is 16.5. The summed E-state index contributed by atoms with van der Waals surface area (Å²) in [6.45, 7) is 4.70. The minimum atomic E-state index is -0.837. The molecule has 0 aliphatic heterocycles. The zero-order valence-electron chi connectivity index (χ0n) is 10.5. The van der Waals surface area contributed by atoms with Crippen molar-refractivity contribution in [2.45, 2.75) is 51.6 Å². The summed E-state index contributed by atoms with van der Waals surface area (Å²) < 4.78 is 5.03. The second-order valence-corrected chi connectivity index (χ2v) is 5.68. The third-order valence-corrected chi connectivity index (χ3v) is 3.67.